The lowest BCUT2D eigenvalue weighted by molar-refractivity contribution is 0.103. The fraction of sp³-hybridized carbons (Fsp3) is 0.235. The second-order valence-electron chi connectivity index (χ2n) is 4.86. The highest BCUT2D eigenvalue weighted by molar-refractivity contribution is 6.09. The standard InChI is InChI=1S/C17H18O5/c1-10(18)11-5-4-6-12(7-11)16(19)13-8-14(21-2)17(20)15(9-13)22-3/h4-10,18,20H,1-3H3. The molecule has 0 aliphatic heterocycles. The summed E-state index contributed by atoms with van der Waals surface area (Å²) in [6, 6.07) is 9.67. The molecule has 0 amide bonds. The van der Waals surface area contributed by atoms with E-state index < -0.39 is 6.10 Å². The molecule has 0 aliphatic rings. The Bertz CT molecular complexity index is 666. The molecule has 0 aliphatic carbocycles. The number of benzene rings is 2. The van der Waals surface area contributed by atoms with Crippen LogP contribution in [0.1, 0.15) is 34.5 Å². The Labute approximate surface area is 128 Å². The van der Waals surface area contributed by atoms with E-state index in [2.05, 4.69) is 0 Å². The maximum atomic E-state index is 12.6. The Balaban J connectivity index is 2.47. The third-order valence-electron chi connectivity index (χ3n) is 3.37. The summed E-state index contributed by atoms with van der Waals surface area (Å²) < 4.78 is 10.1. The Morgan fingerprint density at radius 3 is 2.14 bits per heavy atom. The molecule has 116 valence electrons. The highest BCUT2D eigenvalue weighted by Crippen LogP contribution is 2.37. The molecule has 0 radical (unpaired) electrons. The summed E-state index contributed by atoms with van der Waals surface area (Å²) in [5.41, 5.74) is 1.42. The number of carbonyl (C=O) groups excluding carboxylic acids is 1. The maximum absolute atomic E-state index is 12.6. The number of aromatic hydroxyl groups is 1. The fourth-order valence-corrected chi connectivity index (χ4v) is 2.13. The van der Waals surface area contributed by atoms with Crippen molar-refractivity contribution in [2.45, 2.75) is 13.0 Å². The van der Waals surface area contributed by atoms with Gasteiger partial charge < -0.3 is 19.7 Å². The van der Waals surface area contributed by atoms with Crippen LogP contribution in [0.15, 0.2) is 36.4 Å². The zero-order chi connectivity index (χ0) is 16.3. The zero-order valence-electron chi connectivity index (χ0n) is 12.7. The lowest BCUT2D eigenvalue weighted by Crippen LogP contribution is -2.04. The summed E-state index contributed by atoms with van der Waals surface area (Å²) in [7, 11) is 2.80. The number of phenols is 1. The number of ketones is 1. The first-order valence-electron chi connectivity index (χ1n) is 6.75. The van der Waals surface area contributed by atoms with Gasteiger partial charge in [0.05, 0.1) is 20.3 Å². The van der Waals surface area contributed by atoms with Crippen LogP contribution in [0.5, 0.6) is 17.2 Å². The third-order valence-corrected chi connectivity index (χ3v) is 3.37. The molecule has 5 heteroatoms. The van der Waals surface area contributed by atoms with E-state index in [0.29, 0.717) is 16.7 Å². The van der Waals surface area contributed by atoms with Gasteiger partial charge in [0.1, 0.15) is 0 Å². The number of hydrogen-bond acceptors (Lipinski definition) is 5. The van der Waals surface area contributed by atoms with Crippen molar-refractivity contribution < 1.29 is 24.5 Å². The van der Waals surface area contributed by atoms with E-state index in [0.717, 1.165) is 0 Å². The number of aliphatic hydroxyl groups is 1. The van der Waals surface area contributed by atoms with Crippen LogP contribution in [0.4, 0.5) is 0 Å². The number of ether oxygens (including phenoxy) is 2. The molecule has 0 saturated heterocycles. The number of aliphatic hydroxyl groups excluding tert-OH is 1. The van der Waals surface area contributed by atoms with Crippen LogP contribution in [-0.4, -0.2) is 30.2 Å². The van der Waals surface area contributed by atoms with E-state index in [9.17, 15) is 15.0 Å². The van der Waals surface area contributed by atoms with Gasteiger partial charge in [0.25, 0.3) is 0 Å². The molecule has 0 heterocycles. The van der Waals surface area contributed by atoms with Crippen LogP contribution in [0, 0.1) is 0 Å². The van der Waals surface area contributed by atoms with Crippen molar-refractivity contribution in [3.8, 4) is 17.2 Å². The first kappa shape index (κ1) is 15.9. The molecule has 0 bridgehead atoms. The average Bonchev–Trinajstić information content (AvgIpc) is 2.54. The predicted molar refractivity (Wildman–Crippen MR) is 81.7 cm³/mol. The molecule has 0 spiro atoms. The fourth-order valence-electron chi connectivity index (χ4n) is 2.13. The van der Waals surface area contributed by atoms with Crippen LogP contribution in [0.2, 0.25) is 0 Å². The minimum atomic E-state index is -0.656. The van der Waals surface area contributed by atoms with Gasteiger partial charge in [0, 0.05) is 11.1 Å². The highest BCUT2D eigenvalue weighted by Gasteiger charge is 2.17. The Morgan fingerprint density at radius 1 is 1.05 bits per heavy atom. The second kappa shape index (κ2) is 6.49. The van der Waals surface area contributed by atoms with Gasteiger partial charge in [-0.15, -0.1) is 0 Å². The molecule has 2 aromatic rings. The topological polar surface area (TPSA) is 76.0 Å². The van der Waals surface area contributed by atoms with Crippen molar-refractivity contribution in [1.82, 2.24) is 0 Å². The van der Waals surface area contributed by atoms with Crippen LogP contribution in [0.3, 0.4) is 0 Å². The van der Waals surface area contributed by atoms with Gasteiger partial charge in [-0.3, -0.25) is 4.79 Å². The summed E-state index contributed by atoms with van der Waals surface area (Å²) >= 11 is 0. The smallest absolute Gasteiger partial charge is 0.200 e. The molecule has 2 aromatic carbocycles. The van der Waals surface area contributed by atoms with Gasteiger partial charge in [0.15, 0.2) is 17.3 Å². The predicted octanol–water partition coefficient (Wildman–Crippen LogP) is 2.69. The number of hydrogen-bond donors (Lipinski definition) is 2. The third kappa shape index (κ3) is 3.04. The monoisotopic (exact) mass is 302 g/mol. The largest absolute Gasteiger partial charge is 0.502 e. The molecular formula is C17H18O5. The van der Waals surface area contributed by atoms with Crippen LogP contribution < -0.4 is 9.47 Å². The van der Waals surface area contributed by atoms with Crippen LogP contribution >= 0.6 is 0 Å². The van der Waals surface area contributed by atoms with Crippen LogP contribution in [0.25, 0.3) is 0 Å². The summed E-state index contributed by atoms with van der Waals surface area (Å²) in [5, 5.41) is 19.5. The van der Waals surface area contributed by atoms with Gasteiger partial charge in [-0.2, -0.15) is 0 Å². The summed E-state index contributed by atoms with van der Waals surface area (Å²) in [6.07, 6.45) is -0.656. The molecule has 0 aromatic heterocycles. The van der Waals surface area contributed by atoms with Gasteiger partial charge in [-0.1, -0.05) is 18.2 Å². The number of rotatable bonds is 5. The molecule has 2 rings (SSSR count). The van der Waals surface area contributed by atoms with Gasteiger partial charge in [-0.25, -0.2) is 0 Å². The molecule has 0 saturated carbocycles. The first-order valence-corrected chi connectivity index (χ1v) is 6.75. The first-order chi connectivity index (χ1) is 10.5. The van der Waals surface area contributed by atoms with Crippen molar-refractivity contribution in [3.05, 3.63) is 53.1 Å². The molecular weight excluding hydrogens is 284 g/mol. The summed E-state index contributed by atoms with van der Waals surface area (Å²) in [6.45, 7) is 1.64. The van der Waals surface area contributed by atoms with Crippen molar-refractivity contribution in [3.63, 3.8) is 0 Å². The highest BCUT2D eigenvalue weighted by atomic mass is 16.5. The second-order valence-corrected chi connectivity index (χ2v) is 4.86. The number of phenolic OH excluding ortho intramolecular Hbond substituents is 1. The Morgan fingerprint density at radius 2 is 1.64 bits per heavy atom. The summed E-state index contributed by atoms with van der Waals surface area (Å²) in [4.78, 5) is 12.6. The van der Waals surface area contributed by atoms with E-state index in [1.165, 1.54) is 26.4 Å². The summed E-state index contributed by atoms with van der Waals surface area (Å²) in [5.74, 6) is -0.0813. The van der Waals surface area contributed by atoms with Gasteiger partial charge in [0.2, 0.25) is 5.75 Å². The zero-order valence-corrected chi connectivity index (χ0v) is 12.7. The lowest BCUT2D eigenvalue weighted by atomic mass is 9.99. The van der Waals surface area contributed by atoms with E-state index in [1.807, 2.05) is 0 Å². The van der Waals surface area contributed by atoms with Crippen molar-refractivity contribution in [2.75, 3.05) is 14.2 Å². The minimum absolute atomic E-state index is 0.153. The Kier molecular flexibility index (Phi) is 4.68. The van der Waals surface area contributed by atoms with E-state index >= 15 is 0 Å². The van der Waals surface area contributed by atoms with Crippen molar-refractivity contribution >= 4 is 5.78 Å². The van der Waals surface area contributed by atoms with Crippen molar-refractivity contribution in [1.29, 1.82) is 0 Å². The van der Waals surface area contributed by atoms with Gasteiger partial charge >= 0.3 is 0 Å². The normalized spacial score (nSPS) is 11.8. The quantitative estimate of drug-likeness (QED) is 0.831. The molecule has 1 unspecified atom stereocenters. The minimum Gasteiger partial charge on any atom is -0.502 e. The van der Waals surface area contributed by atoms with Crippen LogP contribution in [-0.2, 0) is 0 Å². The van der Waals surface area contributed by atoms with E-state index in [4.69, 9.17) is 9.47 Å². The van der Waals surface area contributed by atoms with Crippen molar-refractivity contribution in [2.24, 2.45) is 0 Å². The molecule has 2 N–H and O–H groups in total. The van der Waals surface area contributed by atoms with Gasteiger partial charge in [-0.05, 0) is 30.7 Å². The average molecular weight is 302 g/mol. The number of methoxy groups -OCH3 is 2. The molecule has 0 fully saturated rings. The maximum Gasteiger partial charge on any atom is 0.200 e. The van der Waals surface area contributed by atoms with E-state index in [1.54, 1.807) is 31.2 Å². The molecule has 1 atom stereocenters. The number of carbonyl (C=O) groups is 1. The Hall–Kier alpha value is -2.53. The van der Waals surface area contributed by atoms with E-state index in [-0.39, 0.29) is 23.0 Å². The SMILES string of the molecule is COc1cc(C(=O)c2cccc(C(C)O)c2)cc(OC)c1O. The lowest BCUT2D eigenvalue weighted by Gasteiger charge is -2.11. The molecule has 5 nitrogen and oxygen atoms in total. The molecule has 22 heavy (non-hydrogen) atoms.